The van der Waals surface area contributed by atoms with E-state index in [0.29, 0.717) is 12.0 Å². The Hall–Kier alpha value is -2.04. The summed E-state index contributed by atoms with van der Waals surface area (Å²) in [6.07, 6.45) is 8.29. The highest BCUT2D eigenvalue weighted by Gasteiger charge is 2.25. The predicted molar refractivity (Wildman–Crippen MR) is 94.3 cm³/mol. The molecule has 0 radical (unpaired) electrons. The summed E-state index contributed by atoms with van der Waals surface area (Å²) in [6.45, 7) is 2.18. The number of amides is 1. The van der Waals surface area contributed by atoms with E-state index in [-0.39, 0.29) is 17.3 Å². The Morgan fingerprint density at radius 1 is 1.12 bits per heavy atom. The fraction of sp³-hybridized carbons (Fsp3) is 0.579. The Morgan fingerprint density at radius 2 is 1.75 bits per heavy atom. The molecule has 0 aliphatic rings. The van der Waals surface area contributed by atoms with E-state index in [4.69, 9.17) is 10.5 Å². The summed E-state index contributed by atoms with van der Waals surface area (Å²) in [7, 11) is 1.41. The third kappa shape index (κ3) is 6.22. The van der Waals surface area contributed by atoms with Crippen LogP contribution in [0.4, 0.5) is 0 Å². The van der Waals surface area contributed by atoms with Crippen LogP contribution in [0.5, 0.6) is 11.5 Å². The normalized spacial score (nSPS) is 11.9. The van der Waals surface area contributed by atoms with Crippen molar-refractivity contribution in [3.05, 3.63) is 23.8 Å². The van der Waals surface area contributed by atoms with Crippen LogP contribution < -0.4 is 10.5 Å². The average molecular weight is 335 g/mol. The number of aromatic hydroxyl groups is 1. The van der Waals surface area contributed by atoms with Gasteiger partial charge in [0, 0.05) is 5.56 Å². The Morgan fingerprint density at radius 3 is 2.33 bits per heavy atom. The zero-order valence-corrected chi connectivity index (χ0v) is 14.7. The molecule has 5 heteroatoms. The number of primary amides is 1. The second-order valence-electron chi connectivity index (χ2n) is 6.12. The second-order valence-corrected chi connectivity index (χ2v) is 6.12. The minimum atomic E-state index is -0.824. The molecule has 5 nitrogen and oxygen atoms in total. The summed E-state index contributed by atoms with van der Waals surface area (Å²) in [5.41, 5.74) is 5.75. The summed E-state index contributed by atoms with van der Waals surface area (Å²) in [5, 5.41) is 9.60. The second kappa shape index (κ2) is 10.7. The van der Waals surface area contributed by atoms with Gasteiger partial charge in [-0.2, -0.15) is 0 Å². The summed E-state index contributed by atoms with van der Waals surface area (Å²) in [4.78, 5) is 24.2. The number of nitrogens with two attached hydrogens (primary N) is 1. The summed E-state index contributed by atoms with van der Waals surface area (Å²) in [5.74, 6) is -1.57. The van der Waals surface area contributed by atoms with Gasteiger partial charge in [0.25, 0.3) is 0 Å². The molecule has 1 aromatic rings. The van der Waals surface area contributed by atoms with Crippen molar-refractivity contribution in [2.75, 3.05) is 7.11 Å². The van der Waals surface area contributed by atoms with Gasteiger partial charge in [0.2, 0.25) is 5.91 Å². The number of ether oxygens (including phenoxy) is 1. The predicted octanol–water partition coefficient (Wildman–Crippen LogP) is 3.83. The van der Waals surface area contributed by atoms with Gasteiger partial charge in [-0.05, 0) is 24.6 Å². The van der Waals surface area contributed by atoms with Crippen molar-refractivity contribution in [2.45, 2.75) is 58.3 Å². The van der Waals surface area contributed by atoms with Gasteiger partial charge < -0.3 is 15.6 Å². The van der Waals surface area contributed by atoms with Crippen LogP contribution in [-0.2, 0) is 4.79 Å². The van der Waals surface area contributed by atoms with Crippen LogP contribution >= 0.6 is 0 Å². The number of hydrogen-bond donors (Lipinski definition) is 2. The van der Waals surface area contributed by atoms with Crippen molar-refractivity contribution in [3.63, 3.8) is 0 Å². The lowest BCUT2D eigenvalue weighted by Gasteiger charge is -2.13. The van der Waals surface area contributed by atoms with E-state index in [2.05, 4.69) is 6.92 Å². The highest BCUT2D eigenvalue weighted by molar-refractivity contribution is 6.09. The Bertz CT molecular complexity index is 542. The number of methoxy groups -OCH3 is 1. The third-order valence-electron chi connectivity index (χ3n) is 4.22. The molecule has 1 amide bonds. The molecular formula is C19H29NO4. The molecule has 1 aromatic carbocycles. The van der Waals surface area contributed by atoms with Gasteiger partial charge in [-0.15, -0.1) is 0 Å². The van der Waals surface area contributed by atoms with Gasteiger partial charge in [-0.3, -0.25) is 9.59 Å². The molecule has 134 valence electrons. The van der Waals surface area contributed by atoms with Crippen LogP contribution in [-0.4, -0.2) is 23.9 Å². The maximum atomic E-state index is 12.5. The van der Waals surface area contributed by atoms with Gasteiger partial charge in [0.1, 0.15) is 5.92 Å². The molecule has 0 fully saturated rings. The number of hydrogen-bond acceptors (Lipinski definition) is 4. The van der Waals surface area contributed by atoms with Crippen LogP contribution in [0.1, 0.15) is 68.6 Å². The fourth-order valence-corrected chi connectivity index (χ4v) is 2.74. The number of rotatable bonds is 12. The number of unbranched alkanes of at least 4 members (excludes halogenated alkanes) is 6. The molecule has 0 saturated carbocycles. The molecular weight excluding hydrogens is 306 g/mol. The standard InChI is InChI=1S/C19H29NO4/c1-3-4-5-6-7-8-9-10-15(19(20)23)18(22)14-11-12-16(21)17(13-14)24-2/h11-13,15,21H,3-10H2,1-2H3,(H2,20,23). The number of phenolic OH excluding ortho intramolecular Hbond substituents is 1. The van der Waals surface area contributed by atoms with Crippen molar-refractivity contribution in [1.82, 2.24) is 0 Å². The number of benzene rings is 1. The molecule has 0 heterocycles. The largest absolute Gasteiger partial charge is 0.504 e. The fourth-order valence-electron chi connectivity index (χ4n) is 2.74. The average Bonchev–Trinajstić information content (AvgIpc) is 2.57. The molecule has 0 bridgehead atoms. The number of phenols is 1. The van der Waals surface area contributed by atoms with Crippen LogP contribution in [0.25, 0.3) is 0 Å². The highest BCUT2D eigenvalue weighted by atomic mass is 16.5. The molecule has 0 aliphatic heterocycles. The minimum absolute atomic E-state index is 0.0447. The summed E-state index contributed by atoms with van der Waals surface area (Å²) >= 11 is 0. The quantitative estimate of drug-likeness (QED) is 0.345. The summed E-state index contributed by atoms with van der Waals surface area (Å²) in [6, 6.07) is 4.32. The molecule has 0 spiro atoms. The SMILES string of the molecule is CCCCCCCCCC(C(N)=O)C(=O)c1ccc(O)c(OC)c1. The Kier molecular flexibility index (Phi) is 8.90. The van der Waals surface area contributed by atoms with E-state index in [0.717, 1.165) is 19.3 Å². The Balaban J connectivity index is 2.58. The van der Waals surface area contributed by atoms with E-state index in [1.807, 2.05) is 0 Å². The maximum absolute atomic E-state index is 12.5. The van der Waals surface area contributed by atoms with Crippen molar-refractivity contribution in [3.8, 4) is 11.5 Å². The number of ketones is 1. The molecule has 0 aliphatic carbocycles. The highest BCUT2D eigenvalue weighted by Crippen LogP contribution is 2.28. The lowest BCUT2D eigenvalue weighted by atomic mass is 9.91. The van der Waals surface area contributed by atoms with Gasteiger partial charge in [-0.1, -0.05) is 51.9 Å². The van der Waals surface area contributed by atoms with E-state index < -0.39 is 11.8 Å². The van der Waals surface area contributed by atoms with Crippen molar-refractivity contribution >= 4 is 11.7 Å². The van der Waals surface area contributed by atoms with Crippen molar-refractivity contribution in [1.29, 1.82) is 0 Å². The molecule has 3 N–H and O–H groups in total. The van der Waals surface area contributed by atoms with E-state index in [1.54, 1.807) is 0 Å². The Labute approximate surface area is 144 Å². The lowest BCUT2D eigenvalue weighted by Crippen LogP contribution is -2.30. The van der Waals surface area contributed by atoms with Gasteiger partial charge in [0.15, 0.2) is 17.3 Å². The van der Waals surface area contributed by atoms with E-state index in [9.17, 15) is 14.7 Å². The molecule has 24 heavy (non-hydrogen) atoms. The third-order valence-corrected chi connectivity index (χ3v) is 4.22. The molecule has 0 saturated heterocycles. The van der Waals surface area contributed by atoms with Gasteiger partial charge in [-0.25, -0.2) is 0 Å². The van der Waals surface area contributed by atoms with Crippen LogP contribution in [0, 0.1) is 5.92 Å². The first-order valence-electron chi connectivity index (χ1n) is 8.71. The van der Waals surface area contributed by atoms with E-state index in [1.165, 1.54) is 51.0 Å². The summed E-state index contributed by atoms with van der Waals surface area (Å²) < 4.78 is 5.00. The number of carbonyl (C=O) groups excluding carboxylic acids is 2. The number of Topliss-reactive ketones (excluding diaryl/α,β-unsaturated/α-hetero) is 1. The smallest absolute Gasteiger partial charge is 0.228 e. The van der Waals surface area contributed by atoms with Crippen molar-refractivity contribution < 1.29 is 19.4 Å². The van der Waals surface area contributed by atoms with Crippen LogP contribution in [0.2, 0.25) is 0 Å². The van der Waals surface area contributed by atoms with Gasteiger partial charge >= 0.3 is 0 Å². The first kappa shape index (κ1) is 20.0. The molecule has 0 aromatic heterocycles. The minimum Gasteiger partial charge on any atom is -0.504 e. The first-order chi connectivity index (χ1) is 11.5. The monoisotopic (exact) mass is 335 g/mol. The zero-order valence-electron chi connectivity index (χ0n) is 14.7. The van der Waals surface area contributed by atoms with Crippen LogP contribution in [0.15, 0.2) is 18.2 Å². The molecule has 1 unspecified atom stereocenters. The van der Waals surface area contributed by atoms with E-state index >= 15 is 0 Å². The first-order valence-corrected chi connectivity index (χ1v) is 8.71. The zero-order chi connectivity index (χ0) is 17.9. The van der Waals surface area contributed by atoms with Crippen molar-refractivity contribution in [2.24, 2.45) is 11.7 Å². The molecule has 1 rings (SSSR count). The van der Waals surface area contributed by atoms with Crippen LogP contribution in [0.3, 0.4) is 0 Å². The maximum Gasteiger partial charge on any atom is 0.228 e. The lowest BCUT2D eigenvalue weighted by molar-refractivity contribution is -0.120. The topological polar surface area (TPSA) is 89.6 Å². The molecule has 1 atom stereocenters. The van der Waals surface area contributed by atoms with Gasteiger partial charge in [0.05, 0.1) is 7.11 Å². The number of carbonyl (C=O) groups is 2.